The van der Waals surface area contributed by atoms with Crippen LogP contribution in [-0.2, 0) is 5.54 Å². The van der Waals surface area contributed by atoms with E-state index in [1.54, 1.807) is 0 Å². The molecule has 0 saturated carbocycles. The van der Waals surface area contributed by atoms with Gasteiger partial charge in [0, 0.05) is 13.6 Å². The molecule has 0 saturated heterocycles. The lowest BCUT2D eigenvalue weighted by molar-refractivity contribution is 0.339. The Morgan fingerprint density at radius 1 is 1.08 bits per heavy atom. The Balaban J connectivity index is 2.08. The minimum Gasteiger partial charge on any atom is -0.370 e. The van der Waals surface area contributed by atoms with Crippen molar-refractivity contribution in [2.45, 2.75) is 39.7 Å². The average molecular weight is 321 g/mol. The number of aliphatic imine (C=N–C) groups is 1. The maximum atomic E-state index is 6.08. The van der Waals surface area contributed by atoms with Gasteiger partial charge in [0.05, 0.1) is 5.54 Å². The summed E-state index contributed by atoms with van der Waals surface area (Å²) in [7, 11) is 1.99. The number of benzene rings is 2. The van der Waals surface area contributed by atoms with Crippen LogP contribution < -0.4 is 5.73 Å². The molecule has 24 heavy (non-hydrogen) atoms. The smallest absolute Gasteiger partial charge is 0.191 e. The minimum atomic E-state index is -0.251. The topological polar surface area (TPSA) is 41.6 Å². The van der Waals surface area contributed by atoms with Crippen LogP contribution in [0.2, 0.25) is 0 Å². The average Bonchev–Trinajstić information content (AvgIpc) is 2.51. The van der Waals surface area contributed by atoms with Crippen LogP contribution in [0.4, 0.5) is 0 Å². The second-order valence-electron chi connectivity index (χ2n) is 7.27. The van der Waals surface area contributed by atoms with Crippen molar-refractivity contribution in [3.8, 4) is 11.1 Å². The number of hydrogen-bond donors (Lipinski definition) is 1. The van der Waals surface area contributed by atoms with Crippen molar-refractivity contribution in [3.63, 3.8) is 0 Å². The monoisotopic (exact) mass is 321 g/mol. The zero-order valence-electron chi connectivity index (χ0n) is 15.4. The van der Waals surface area contributed by atoms with Gasteiger partial charge in [-0.1, -0.05) is 35.9 Å². The predicted octanol–water partition coefficient (Wildman–Crippen LogP) is 4.14. The van der Waals surface area contributed by atoms with Crippen molar-refractivity contribution < 1.29 is 0 Å². The molecule has 2 aromatic rings. The van der Waals surface area contributed by atoms with Crippen molar-refractivity contribution in [2.24, 2.45) is 10.7 Å². The third-order valence-corrected chi connectivity index (χ3v) is 5.14. The van der Waals surface area contributed by atoms with Gasteiger partial charge in [0.15, 0.2) is 5.96 Å². The standard InChI is InChI=1S/C21H27N3/c1-14-11-15(2)19(16(3)12-14)17-7-6-8-18(13-17)21(4)9-10-24(5)20(22)23-21/h6-8,11-13H,9-10H2,1-5H3,(H2,22,23). The van der Waals surface area contributed by atoms with Crippen molar-refractivity contribution in [3.05, 3.63) is 58.7 Å². The Bertz CT molecular complexity index is 783. The molecule has 1 atom stereocenters. The van der Waals surface area contributed by atoms with Gasteiger partial charge in [-0.25, -0.2) is 4.99 Å². The van der Waals surface area contributed by atoms with E-state index in [9.17, 15) is 0 Å². The molecule has 126 valence electrons. The first-order valence-corrected chi connectivity index (χ1v) is 8.55. The van der Waals surface area contributed by atoms with E-state index in [4.69, 9.17) is 10.7 Å². The molecule has 3 nitrogen and oxygen atoms in total. The van der Waals surface area contributed by atoms with Crippen molar-refractivity contribution in [1.29, 1.82) is 0 Å². The molecular formula is C21H27N3. The first-order chi connectivity index (χ1) is 11.3. The first kappa shape index (κ1) is 16.6. The van der Waals surface area contributed by atoms with Crippen molar-refractivity contribution in [1.82, 2.24) is 4.90 Å². The van der Waals surface area contributed by atoms with Gasteiger partial charge in [-0.05, 0) is 68.0 Å². The third kappa shape index (κ3) is 2.91. The number of nitrogens with two attached hydrogens (primary N) is 1. The van der Waals surface area contributed by atoms with E-state index in [0.717, 1.165) is 13.0 Å². The molecule has 0 aliphatic carbocycles. The lowest BCUT2D eigenvalue weighted by atomic mass is 9.85. The van der Waals surface area contributed by atoms with Gasteiger partial charge in [0.1, 0.15) is 0 Å². The van der Waals surface area contributed by atoms with E-state index >= 15 is 0 Å². The van der Waals surface area contributed by atoms with Crippen LogP contribution >= 0.6 is 0 Å². The molecule has 0 fully saturated rings. The first-order valence-electron chi connectivity index (χ1n) is 8.55. The van der Waals surface area contributed by atoms with Gasteiger partial charge in [-0.15, -0.1) is 0 Å². The van der Waals surface area contributed by atoms with Crippen LogP contribution in [0.3, 0.4) is 0 Å². The summed E-state index contributed by atoms with van der Waals surface area (Å²) in [5.41, 5.74) is 13.6. The molecule has 1 heterocycles. The molecule has 1 aliphatic heterocycles. The summed E-state index contributed by atoms with van der Waals surface area (Å²) in [6.07, 6.45) is 0.972. The summed E-state index contributed by atoms with van der Waals surface area (Å²) in [5.74, 6) is 0.622. The van der Waals surface area contributed by atoms with E-state index in [1.165, 1.54) is 33.4 Å². The fourth-order valence-corrected chi connectivity index (χ4v) is 3.75. The van der Waals surface area contributed by atoms with Gasteiger partial charge in [-0.2, -0.15) is 0 Å². The number of guanidine groups is 1. The lowest BCUT2D eigenvalue weighted by Gasteiger charge is -2.35. The van der Waals surface area contributed by atoms with Crippen LogP contribution in [0.25, 0.3) is 11.1 Å². The van der Waals surface area contributed by atoms with Crippen molar-refractivity contribution >= 4 is 5.96 Å². The highest BCUT2D eigenvalue weighted by Crippen LogP contribution is 2.36. The van der Waals surface area contributed by atoms with Crippen LogP contribution in [-0.4, -0.2) is 24.5 Å². The van der Waals surface area contributed by atoms with E-state index in [0.29, 0.717) is 5.96 Å². The van der Waals surface area contributed by atoms with E-state index < -0.39 is 0 Å². The maximum absolute atomic E-state index is 6.08. The third-order valence-electron chi connectivity index (χ3n) is 5.14. The number of aryl methyl sites for hydroxylation is 3. The zero-order valence-corrected chi connectivity index (χ0v) is 15.4. The van der Waals surface area contributed by atoms with E-state index in [1.807, 2.05) is 11.9 Å². The predicted molar refractivity (Wildman–Crippen MR) is 102 cm³/mol. The summed E-state index contributed by atoms with van der Waals surface area (Å²) >= 11 is 0. The van der Waals surface area contributed by atoms with Crippen LogP contribution in [0.15, 0.2) is 41.4 Å². The fraction of sp³-hybridized carbons (Fsp3) is 0.381. The Kier molecular flexibility index (Phi) is 4.12. The second-order valence-corrected chi connectivity index (χ2v) is 7.27. The summed E-state index contributed by atoms with van der Waals surface area (Å²) < 4.78 is 0. The van der Waals surface area contributed by atoms with Gasteiger partial charge in [0.2, 0.25) is 0 Å². The molecule has 0 amide bonds. The summed E-state index contributed by atoms with van der Waals surface area (Å²) in [4.78, 5) is 6.79. The van der Waals surface area contributed by atoms with Gasteiger partial charge >= 0.3 is 0 Å². The van der Waals surface area contributed by atoms with Gasteiger partial charge < -0.3 is 10.6 Å². The van der Waals surface area contributed by atoms with E-state index in [-0.39, 0.29) is 5.54 Å². The molecule has 0 bridgehead atoms. The van der Waals surface area contributed by atoms with Crippen molar-refractivity contribution in [2.75, 3.05) is 13.6 Å². The number of nitrogens with zero attached hydrogens (tertiary/aromatic N) is 2. The van der Waals surface area contributed by atoms with Crippen LogP contribution in [0.5, 0.6) is 0 Å². The van der Waals surface area contributed by atoms with Crippen LogP contribution in [0, 0.1) is 20.8 Å². The molecule has 1 unspecified atom stereocenters. The quantitative estimate of drug-likeness (QED) is 0.903. The van der Waals surface area contributed by atoms with E-state index in [2.05, 4.69) is 64.1 Å². The number of rotatable bonds is 2. The fourth-order valence-electron chi connectivity index (χ4n) is 3.75. The maximum Gasteiger partial charge on any atom is 0.191 e. The summed E-state index contributed by atoms with van der Waals surface area (Å²) in [6.45, 7) is 9.64. The Labute approximate surface area is 145 Å². The molecule has 0 spiro atoms. The highest BCUT2D eigenvalue weighted by atomic mass is 15.3. The van der Waals surface area contributed by atoms with Crippen LogP contribution in [0.1, 0.15) is 35.6 Å². The molecule has 0 aromatic heterocycles. The largest absolute Gasteiger partial charge is 0.370 e. The Hall–Kier alpha value is -2.29. The molecule has 1 aliphatic rings. The molecule has 3 heteroatoms. The molecular weight excluding hydrogens is 294 g/mol. The lowest BCUT2D eigenvalue weighted by Crippen LogP contribution is -2.43. The molecule has 2 N–H and O–H groups in total. The highest BCUT2D eigenvalue weighted by Gasteiger charge is 2.31. The molecule has 0 radical (unpaired) electrons. The second kappa shape index (κ2) is 5.97. The summed E-state index contributed by atoms with van der Waals surface area (Å²) in [5, 5.41) is 0. The Morgan fingerprint density at radius 3 is 2.38 bits per heavy atom. The normalized spacial score (nSPS) is 20.9. The molecule has 2 aromatic carbocycles. The van der Waals surface area contributed by atoms with Gasteiger partial charge in [0.25, 0.3) is 0 Å². The molecule has 3 rings (SSSR count). The van der Waals surface area contributed by atoms with Gasteiger partial charge in [-0.3, -0.25) is 0 Å². The minimum absolute atomic E-state index is 0.251. The highest BCUT2D eigenvalue weighted by molar-refractivity contribution is 5.79. The number of hydrogen-bond acceptors (Lipinski definition) is 3. The Morgan fingerprint density at radius 2 is 1.75 bits per heavy atom. The SMILES string of the molecule is Cc1cc(C)c(-c2cccc(C3(C)CCN(C)C(N)=N3)c2)c(C)c1. The zero-order chi connectivity index (χ0) is 17.5. The summed E-state index contributed by atoms with van der Waals surface area (Å²) in [6, 6.07) is 13.3.